The molecule has 2 aromatic carbocycles. The summed E-state index contributed by atoms with van der Waals surface area (Å²) in [5.74, 6) is 0.464. The van der Waals surface area contributed by atoms with Gasteiger partial charge in [0.25, 0.3) is 5.56 Å². The molecule has 0 N–H and O–H groups in total. The monoisotopic (exact) mass is 391 g/mol. The van der Waals surface area contributed by atoms with Gasteiger partial charge in [-0.2, -0.15) is 5.26 Å². The first kappa shape index (κ1) is 18.6. The van der Waals surface area contributed by atoms with Crippen LogP contribution < -0.4 is 10.5 Å². The van der Waals surface area contributed by atoms with Crippen LogP contribution in [0.25, 0.3) is 10.9 Å². The van der Waals surface area contributed by atoms with Gasteiger partial charge in [-0.25, -0.2) is 0 Å². The zero-order chi connectivity index (χ0) is 19.7. The minimum atomic E-state index is -0.227. The Bertz CT molecular complexity index is 1110. The lowest BCUT2D eigenvalue weighted by atomic mass is 9.92. The first-order valence-electron chi connectivity index (χ1n) is 9.62. The fraction of sp³-hybridized carbons (Fsp3) is 0.304. The largest absolute Gasteiger partial charge is 0.370 e. The van der Waals surface area contributed by atoms with E-state index in [-0.39, 0.29) is 11.1 Å². The maximum Gasteiger partial charge on any atom is 0.270 e. The number of aromatic nitrogens is 1. The molecule has 0 bridgehead atoms. The number of rotatable bonds is 2. The molecule has 0 amide bonds. The second-order valence-electron chi connectivity index (χ2n) is 7.38. The molecule has 1 unspecified atom stereocenters. The van der Waals surface area contributed by atoms with Crippen molar-refractivity contribution in [3.8, 4) is 6.07 Å². The standard InChI is InChI=1S/C23H22ClN3O/c1-26-21-7-3-2-6-19(21)22(20(15-25)23(26)28)27-13-4-5-16(12-14-27)17-8-10-18(24)11-9-17/h2-3,6-11,16H,4-5,12-14H2,1H3. The van der Waals surface area contributed by atoms with E-state index in [0.29, 0.717) is 5.92 Å². The molecule has 1 aliphatic heterocycles. The molecule has 142 valence electrons. The van der Waals surface area contributed by atoms with Crippen molar-refractivity contribution >= 4 is 28.2 Å². The van der Waals surface area contributed by atoms with E-state index in [0.717, 1.165) is 54.0 Å². The molecule has 1 aliphatic rings. The Balaban J connectivity index is 1.73. The first-order chi connectivity index (χ1) is 13.6. The van der Waals surface area contributed by atoms with Gasteiger partial charge in [-0.1, -0.05) is 41.9 Å². The van der Waals surface area contributed by atoms with E-state index in [1.54, 1.807) is 11.6 Å². The van der Waals surface area contributed by atoms with E-state index in [1.165, 1.54) is 5.56 Å². The van der Waals surface area contributed by atoms with Crippen LogP contribution in [0.2, 0.25) is 5.02 Å². The van der Waals surface area contributed by atoms with Crippen LogP contribution in [0.4, 0.5) is 5.69 Å². The van der Waals surface area contributed by atoms with Crippen LogP contribution in [0, 0.1) is 11.3 Å². The van der Waals surface area contributed by atoms with Crippen LogP contribution in [0.5, 0.6) is 0 Å². The number of hydrogen-bond acceptors (Lipinski definition) is 3. The van der Waals surface area contributed by atoms with Gasteiger partial charge in [0.2, 0.25) is 0 Å². The van der Waals surface area contributed by atoms with Crippen LogP contribution in [0.15, 0.2) is 53.3 Å². The lowest BCUT2D eigenvalue weighted by molar-refractivity contribution is 0.612. The highest BCUT2D eigenvalue weighted by molar-refractivity contribution is 6.30. The fourth-order valence-corrected chi connectivity index (χ4v) is 4.42. The molecule has 4 rings (SSSR count). The lowest BCUT2D eigenvalue weighted by Gasteiger charge is -2.26. The van der Waals surface area contributed by atoms with Crippen LogP contribution >= 0.6 is 11.6 Å². The van der Waals surface area contributed by atoms with Gasteiger partial charge in [0.1, 0.15) is 11.6 Å². The summed E-state index contributed by atoms with van der Waals surface area (Å²) in [5, 5.41) is 11.5. The molecule has 2 heterocycles. The molecule has 3 aromatic rings. The van der Waals surface area contributed by atoms with Crippen LogP contribution in [0.1, 0.15) is 36.3 Å². The summed E-state index contributed by atoms with van der Waals surface area (Å²) in [4.78, 5) is 15.0. The fourth-order valence-electron chi connectivity index (χ4n) is 4.30. The van der Waals surface area contributed by atoms with Gasteiger partial charge in [0.15, 0.2) is 0 Å². The summed E-state index contributed by atoms with van der Waals surface area (Å²) in [6.45, 7) is 1.66. The molecular formula is C23H22ClN3O. The van der Waals surface area contributed by atoms with Gasteiger partial charge in [0.05, 0.1) is 11.2 Å². The lowest BCUT2D eigenvalue weighted by Crippen LogP contribution is -2.30. The summed E-state index contributed by atoms with van der Waals surface area (Å²) in [5.41, 5.74) is 2.97. The van der Waals surface area contributed by atoms with Crippen LogP contribution in [0.3, 0.4) is 0 Å². The summed E-state index contributed by atoms with van der Waals surface area (Å²) in [7, 11) is 1.73. The molecule has 1 fully saturated rings. The Morgan fingerprint density at radius 3 is 2.57 bits per heavy atom. The van der Waals surface area contributed by atoms with Crippen LogP contribution in [-0.4, -0.2) is 17.7 Å². The van der Waals surface area contributed by atoms with Gasteiger partial charge in [-0.15, -0.1) is 0 Å². The third kappa shape index (κ3) is 3.27. The average molecular weight is 392 g/mol. The number of benzene rings is 2. The highest BCUT2D eigenvalue weighted by Gasteiger charge is 2.24. The van der Waals surface area contributed by atoms with E-state index in [4.69, 9.17) is 11.6 Å². The zero-order valence-corrected chi connectivity index (χ0v) is 16.6. The third-order valence-electron chi connectivity index (χ3n) is 5.77. The summed E-state index contributed by atoms with van der Waals surface area (Å²) in [6.07, 6.45) is 3.08. The normalized spacial score (nSPS) is 17.3. The molecule has 0 saturated carbocycles. The Labute approximate surface area is 169 Å². The molecule has 0 radical (unpaired) electrons. The maximum atomic E-state index is 12.8. The highest BCUT2D eigenvalue weighted by atomic mass is 35.5. The van der Waals surface area contributed by atoms with Crippen molar-refractivity contribution in [2.75, 3.05) is 18.0 Å². The maximum absolute atomic E-state index is 12.8. The van der Waals surface area contributed by atoms with Crippen molar-refractivity contribution in [3.63, 3.8) is 0 Å². The molecular weight excluding hydrogens is 370 g/mol. The molecule has 0 spiro atoms. The van der Waals surface area contributed by atoms with Crippen molar-refractivity contribution < 1.29 is 0 Å². The van der Waals surface area contributed by atoms with Crippen molar-refractivity contribution in [2.45, 2.75) is 25.2 Å². The first-order valence-corrected chi connectivity index (χ1v) is 10.00. The smallest absolute Gasteiger partial charge is 0.270 e. The number of anilines is 1. The van der Waals surface area contributed by atoms with E-state index in [2.05, 4.69) is 23.1 Å². The molecule has 1 atom stereocenters. The average Bonchev–Trinajstić information content (AvgIpc) is 2.97. The molecule has 1 saturated heterocycles. The van der Waals surface area contributed by atoms with Gasteiger partial charge in [-0.3, -0.25) is 4.79 Å². The van der Waals surface area contributed by atoms with E-state index >= 15 is 0 Å². The van der Waals surface area contributed by atoms with Gasteiger partial charge in [-0.05, 0) is 48.9 Å². The predicted octanol–water partition coefficient (Wildman–Crippen LogP) is 4.84. The minimum Gasteiger partial charge on any atom is -0.370 e. The second-order valence-corrected chi connectivity index (χ2v) is 7.82. The zero-order valence-electron chi connectivity index (χ0n) is 15.9. The number of pyridine rings is 1. The number of hydrogen-bond donors (Lipinski definition) is 0. The van der Waals surface area contributed by atoms with Gasteiger partial charge >= 0.3 is 0 Å². The predicted molar refractivity (Wildman–Crippen MR) is 114 cm³/mol. The van der Waals surface area contributed by atoms with Crippen molar-refractivity contribution in [1.82, 2.24) is 4.57 Å². The number of para-hydroxylation sites is 1. The molecule has 1 aromatic heterocycles. The molecule has 5 heteroatoms. The van der Waals surface area contributed by atoms with Crippen molar-refractivity contribution in [2.24, 2.45) is 7.05 Å². The van der Waals surface area contributed by atoms with E-state index in [1.807, 2.05) is 36.4 Å². The van der Waals surface area contributed by atoms with Gasteiger partial charge in [0, 0.05) is 30.5 Å². The van der Waals surface area contributed by atoms with Crippen molar-refractivity contribution in [3.05, 3.63) is 75.0 Å². The van der Waals surface area contributed by atoms with E-state index < -0.39 is 0 Å². The third-order valence-corrected chi connectivity index (χ3v) is 6.03. The molecule has 0 aliphatic carbocycles. The summed E-state index contributed by atoms with van der Waals surface area (Å²) in [6, 6.07) is 18.1. The summed E-state index contributed by atoms with van der Waals surface area (Å²) >= 11 is 6.03. The van der Waals surface area contributed by atoms with Crippen LogP contribution in [-0.2, 0) is 7.05 Å². The number of halogens is 1. The highest BCUT2D eigenvalue weighted by Crippen LogP contribution is 2.34. The number of aryl methyl sites for hydroxylation is 1. The van der Waals surface area contributed by atoms with Gasteiger partial charge < -0.3 is 9.47 Å². The van der Waals surface area contributed by atoms with Crippen molar-refractivity contribution in [1.29, 1.82) is 5.26 Å². The Hall–Kier alpha value is -2.77. The topological polar surface area (TPSA) is 49.0 Å². The number of nitrogens with zero attached hydrogens (tertiary/aromatic N) is 3. The number of fused-ring (bicyclic) bond motifs is 1. The second kappa shape index (κ2) is 7.69. The Kier molecular flexibility index (Phi) is 5.11. The summed E-state index contributed by atoms with van der Waals surface area (Å²) < 4.78 is 1.58. The quantitative estimate of drug-likeness (QED) is 0.628. The Morgan fingerprint density at radius 2 is 1.82 bits per heavy atom. The Morgan fingerprint density at radius 1 is 1.07 bits per heavy atom. The molecule has 4 nitrogen and oxygen atoms in total. The number of nitriles is 1. The minimum absolute atomic E-state index is 0.227. The SMILES string of the molecule is Cn1c(=O)c(C#N)c(N2CCCC(c3ccc(Cl)cc3)CC2)c2ccccc21. The van der Waals surface area contributed by atoms with E-state index in [9.17, 15) is 10.1 Å². The molecule has 28 heavy (non-hydrogen) atoms.